The van der Waals surface area contributed by atoms with Gasteiger partial charge >= 0.3 is 6.03 Å². The van der Waals surface area contributed by atoms with Crippen LogP contribution in [-0.4, -0.2) is 43.2 Å². The first kappa shape index (κ1) is 37.6. The van der Waals surface area contributed by atoms with Gasteiger partial charge in [0.25, 0.3) is 0 Å². The number of rotatable bonds is 13. The summed E-state index contributed by atoms with van der Waals surface area (Å²) in [6, 6.07) is 50.4. The lowest BCUT2D eigenvalue weighted by atomic mass is 9.99. The van der Waals surface area contributed by atoms with Crippen molar-refractivity contribution >= 4 is 23.5 Å². The Labute approximate surface area is 334 Å². The van der Waals surface area contributed by atoms with Crippen LogP contribution in [0.1, 0.15) is 41.1 Å². The number of carbonyl (C=O) groups excluding carboxylic acids is 1. The van der Waals surface area contributed by atoms with E-state index in [1.54, 1.807) is 28.6 Å². The van der Waals surface area contributed by atoms with Crippen LogP contribution in [0.4, 0.5) is 10.5 Å². The number of ether oxygens (including phenoxy) is 3. The summed E-state index contributed by atoms with van der Waals surface area (Å²) in [4.78, 5) is 12.7. The predicted octanol–water partition coefficient (Wildman–Crippen LogP) is 9.27. The van der Waals surface area contributed by atoms with E-state index >= 15 is 0 Å². The average molecular weight is 777 g/mol. The molecule has 1 aliphatic rings. The van der Waals surface area contributed by atoms with Crippen molar-refractivity contribution in [2.75, 3.05) is 11.1 Å². The molecule has 286 valence electrons. The van der Waals surface area contributed by atoms with E-state index in [1.807, 2.05) is 127 Å². The molecule has 57 heavy (non-hydrogen) atoms. The fourth-order valence-electron chi connectivity index (χ4n) is 6.47. The molecule has 3 N–H and O–H groups in total. The van der Waals surface area contributed by atoms with Gasteiger partial charge in [-0.05, 0) is 92.8 Å². The summed E-state index contributed by atoms with van der Waals surface area (Å²) in [5.74, 6) is 2.05. The fraction of sp³-hybridized carbons (Fsp3) is 0.156. The summed E-state index contributed by atoms with van der Waals surface area (Å²) >= 11 is 1.54. The van der Waals surface area contributed by atoms with E-state index in [9.17, 15) is 9.90 Å². The second-order valence-corrected chi connectivity index (χ2v) is 14.4. The first-order valence-electron chi connectivity index (χ1n) is 18.6. The van der Waals surface area contributed by atoms with Crippen LogP contribution in [-0.2, 0) is 22.6 Å². The number of nitrogens with one attached hydrogen (secondary N) is 2. The van der Waals surface area contributed by atoms with Crippen LogP contribution in [0.25, 0.3) is 16.8 Å². The molecule has 0 saturated carbocycles. The molecule has 6 aromatic carbocycles. The third-order valence-corrected chi connectivity index (χ3v) is 10.5. The van der Waals surface area contributed by atoms with Gasteiger partial charge in [-0.25, -0.2) is 4.79 Å². The first-order valence-corrected chi connectivity index (χ1v) is 19.6. The van der Waals surface area contributed by atoms with Gasteiger partial charge in [0.05, 0.1) is 24.5 Å². The molecule has 3 atom stereocenters. The molecule has 12 heteroatoms. The lowest BCUT2D eigenvalue weighted by Gasteiger charge is -2.36. The van der Waals surface area contributed by atoms with Crippen LogP contribution in [0.3, 0.4) is 0 Å². The van der Waals surface area contributed by atoms with E-state index in [4.69, 9.17) is 14.2 Å². The van der Waals surface area contributed by atoms with E-state index in [2.05, 4.69) is 44.4 Å². The highest BCUT2D eigenvalue weighted by Crippen LogP contribution is 2.40. The topological polar surface area (TPSA) is 133 Å². The summed E-state index contributed by atoms with van der Waals surface area (Å²) in [6.45, 7) is 0.337. The maximum Gasteiger partial charge on any atom is 0.319 e. The summed E-state index contributed by atoms with van der Waals surface area (Å²) in [5, 5.41) is 28.5. The minimum absolute atomic E-state index is 0.0182. The molecule has 2 heterocycles. The third-order valence-electron chi connectivity index (χ3n) is 9.44. The van der Waals surface area contributed by atoms with Crippen molar-refractivity contribution in [1.82, 2.24) is 25.5 Å². The lowest BCUT2D eigenvalue weighted by Crippen LogP contribution is -2.31. The summed E-state index contributed by atoms with van der Waals surface area (Å²) in [5.41, 5.74) is 7.32. The van der Waals surface area contributed by atoms with Crippen molar-refractivity contribution in [2.45, 2.75) is 43.2 Å². The molecule has 1 saturated heterocycles. The molecule has 0 radical (unpaired) electrons. The number of thioether (sulfide) groups is 1. The molecule has 0 aliphatic carbocycles. The molecule has 7 aromatic rings. The van der Waals surface area contributed by atoms with Crippen molar-refractivity contribution in [3.63, 3.8) is 0 Å². The zero-order valence-corrected chi connectivity index (χ0v) is 31.7. The molecule has 0 bridgehead atoms. The minimum Gasteiger partial charge on any atom is -0.457 e. The van der Waals surface area contributed by atoms with Crippen molar-refractivity contribution in [2.24, 2.45) is 0 Å². The summed E-state index contributed by atoms with van der Waals surface area (Å²) in [6.07, 6.45) is -0.345. The van der Waals surface area contributed by atoms with Gasteiger partial charge in [0, 0.05) is 30.0 Å². The molecule has 1 fully saturated rings. The molecule has 2 amide bonds. The summed E-state index contributed by atoms with van der Waals surface area (Å²) < 4.78 is 20.8. The molecular formula is C45H40N6O5S. The van der Waals surface area contributed by atoms with Gasteiger partial charge < -0.3 is 30.0 Å². The predicted molar refractivity (Wildman–Crippen MR) is 219 cm³/mol. The Kier molecular flexibility index (Phi) is 11.9. The zero-order valence-electron chi connectivity index (χ0n) is 30.8. The molecule has 1 aromatic heterocycles. The Bertz CT molecular complexity index is 2360. The van der Waals surface area contributed by atoms with Gasteiger partial charge in [-0.15, -0.1) is 5.10 Å². The van der Waals surface area contributed by atoms with Crippen molar-refractivity contribution in [1.29, 1.82) is 0 Å². The standard InChI is InChI=1S/C45H40N6O5S/c52-29-31-14-16-34(17-15-31)42-27-41(30-57-45-48-49-50-51(45)38-10-3-1-4-11-38)55-43(56-42)35-20-18-33(19-21-35)36-9-7-8-32(26-36)28-46-44(53)47-37-22-24-40(25-23-37)54-39-12-5-2-6-13-39/h1-26,41-43,52H,27-30H2,(H2,46,47,53)/t41-,42+,43+/m0/s1. The van der Waals surface area contributed by atoms with E-state index < -0.39 is 6.29 Å². The number of anilines is 1. The number of carbonyl (C=O) groups is 1. The van der Waals surface area contributed by atoms with Gasteiger partial charge in [0.1, 0.15) is 11.5 Å². The van der Waals surface area contributed by atoms with Crippen molar-refractivity contribution in [3.05, 3.63) is 180 Å². The fourth-order valence-corrected chi connectivity index (χ4v) is 7.38. The van der Waals surface area contributed by atoms with Crippen LogP contribution in [0.2, 0.25) is 0 Å². The second-order valence-electron chi connectivity index (χ2n) is 13.4. The first-order chi connectivity index (χ1) is 28.1. The number of urea groups is 1. The van der Waals surface area contributed by atoms with Gasteiger partial charge in [-0.2, -0.15) is 4.68 Å². The molecule has 1 aliphatic heterocycles. The number of benzene rings is 6. The van der Waals surface area contributed by atoms with Crippen LogP contribution in [0.15, 0.2) is 163 Å². The van der Waals surface area contributed by atoms with Crippen molar-refractivity contribution < 1.29 is 24.1 Å². The van der Waals surface area contributed by atoms with E-state index in [0.717, 1.165) is 44.8 Å². The Morgan fingerprint density at radius 1 is 0.754 bits per heavy atom. The highest BCUT2D eigenvalue weighted by molar-refractivity contribution is 7.99. The Morgan fingerprint density at radius 3 is 2.23 bits per heavy atom. The number of aliphatic hydroxyl groups excluding tert-OH is 1. The number of hydrogen-bond donors (Lipinski definition) is 3. The van der Waals surface area contributed by atoms with E-state index in [-0.39, 0.29) is 24.8 Å². The minimum atomic E-state index is -0.604. The monoisotopic (exact) mass is 776 g/mol. The highest BCUT2D eigenvalue weighted by Gasteiger charge is 2.32. The van der Waals surface area contributed by atoms with E-state index in [1.165, 1.54) is 0 Å². The molecular weight excluding hydrogens is 737 g/mol. The number of para-hydroxylation sites is 2. The maximum atomic E-state index is 12.7. The number of aromatic nitrogens is 4. The number of amides is 2. The van der Waals surface area contributed by atoms with Gasteiger partial charge in [-0.1, -0.05) is 115 Å². The molecule has 0 spiro atoms. The molecule has 0 unspecified atom stereocenters. The number of hydrogen-bond acceptors (Lipinski definition) is 9. The van der Waals surface area contributed by atoms with Crippen LogP contribution >= 0.6 is 11.8 Å². The number of aliphatic hydroxyl groups is 1. The van der Waals surface area contributed by atoms with Crippen molar-refractivity contribution in [3.8, 4) is 28.3 Å². The summed E-state index contributed by atoms with van der Waals surface area (Å²) in [7, 11) is 0. The number of nitrogens with zero attached hydrogens (tertiary/aromatic N) is 4. The average Bonchev–Trinajstić information content (AvgIpc) is 3.75. The number of tetrazole rings is 1. The zero-order chi connectivity index (χ0) is 38.8. The second kappa shape index (κ2) is 18.1. The smallest absolute Gasteiger partial charge is 0.319 e. The Morgan fingerprint density at radius 2 is 1.47 bits per heavy atom. The molecule has 11 nitrogen and oxygen atoms in total. The van der Waals surface area contributed by atoms with E-state index in [0.29, 0.717) is 35.3 Å². The largest absolute Gasteiger partial charge is 0.457 e. The van der Waals surface area contributed by atoms with Gasteiger partial charge in [0.2, 0.25) is 5.16 Å². The van der Waals surface area contributed by atoms with Crippen LogP contribution in [0, 0.1) is 0 Å². The Balaban J connectivity index is 0.904. The van der Waals surface area contributed by atoms with Gasteiger partial charge in [-0.3, -0.25) is 0 Å². The Hall–Kier alpha value is -6.31. The third kappa shape index (κ3) is 9.74. The maximum absolute atomic E-state index is 12.7. The molecule has 8 rings (SSSR count). The lowest BCUT2D eigenvalue weighted by molar-refractivity contribution is -0.245. The SMILES string of the molecule is O=C(NCc1cccc(-c2ccc([C@@H]3O[C@H](CSc4nnnn4-c4ccccc4)C[C@H](c4ccc(CO)cc4)O3)cc2)c1)Nc1ccc(Oc2ccccc2)cc1. The normalized spacial score (nSPS) is 16.5. The quantitative estimate of drug-likeness (QED) is 0.0981. The van der Waals surface area contributed by atoms with Crippen LogP contribution < -0.4 is 15.4 Å². The van der Waals surface area contributed by atoms with Gasteiger partial charge in [0.15, 0.2) is 6.29 Å². The highest BCUT2D eigenvalue weighted by atomic mass is 32.2. The van der Waals surface area contributed by atoms with Crippen LogP contribution in [0.5, 0.6) is 11.5 Å².